The highest BCUT2D eigenvalue weighted by molar-refractivity contribution is 5.49. The molecule has 3 aromatic carbocycles. The average molecular weight is 330 g/mol. The van der Waals surface area contributed by atoms with Crippen LogP contribution in [0.5, 0.6) is 0 Å². The summed E-state index contributed by atoms with van der Waals surface area (Å²) in [6.45, 7) is 3.83. The van der Waals surface area contributed by atoms with Crippen LogP contribution in [0.15, 0.2) is 84.9 Å². The Morgan fingerprint density at radius 1 is 0.680 bits per heavy atom. The zero-order chi connectivity index (χ0) is 17.5. The lowest BCUT2D eigenvalue weighted by atomic mass is 10.1. The van der Waals surface area contributed by atoms with E-state index in [1.807, 2.05) is 6.92 Å². The van der Waals surface area contributed by atoms with Gasteiger partial charge in [-0.15, -0.1) is 0 Å². The summed E-state index contributed by atoms with van der Waals surface area (Å²) >= 11 is 0. The molecule has 0 fully saturated rings. The Bertz CT molecular complexity index is 708. The third-order valence-corrected chi connectivity index (χ3v) is 4.29. The molecule has 0 saturated carbocycles. The number of hydrogen-bond donors (Lipinski definition) is 1. The largest absolute Gasteiger partial charge is 0.363 e. The van der Waals surface area contributed by atoms with Crippen molar-refractivity contribution in [2.45, 2.75) is 32.5 Å². The monoisotopic (exact) mass is 330 g/mol. The topological polar surface area (TPSA) is 29.3 Å². The van der Waals surface area contributed by atoms with Crippen molar-refractivity contribution in [1.82, 2.24) is 0 Å². The standard InChI is InChI=1S/C23H26N2/c1-19(24)16-20-12-14-23(15-13-20)25(17-21-8-4-2-5-9-21)18-22-10-6-3-7-11-22/h2-15,19H,16-18,24H2,1H3. The van der Waals surface area contributed by atoms with E-state index in [9.17, 15) is 0 Å². The average Bonchev–Trinajstić information content (AvgIpc) is 2.63. The summed E-state index contributed by atoms with van der Waals surface area (Å²) in [5.41, 5.74) is 11.1. The van der Waals surface area contributed by atoms with Crippen molar-refractivity contribution in [1.29, 1.82) is 0 Å². The molecule has 0 aliphatic rings. The van der Waals surface area contributed by atoms with Gasteiger partial charge in [0.05, 0.1) is 0 Å². The third kappa shape index (κ3) is 5.20. The predicted octanol–water partition coefficient (Wildman–Crippen LogP) is 4.78. The number of nitrogens with two attached hydrogens (primary N) is 1. The maximum absolute atomic E-state index is 5.92. The maximum atomic E-state index is 5.92. The van der Waals surface area contributed by atoms with Crippen molar-refractivity contribution in [2.75, 3.05) is 4.90 Å². The minimum atomic E-state index is 0.190. The summed E-state index contributed by atoms with van der Waals surface area (Å²) in [6.07, 6.45) is 0.914. The fourth-order valence-electron chi connectivity index (χ4n) is 3.06. The lowest BCUT2D eigenvalue weighted by molar-refractivity contribution is 0.737. The molecule has 0 aliphatic carbocycles. The molecule has 0 spiro atoms. The number of anilines is 1. The smallest absolute Gasteiger partial charge is 0.0433 e. The van der Waals surface area contributed by atoms with Crippen molar-refractivity contribution in [3.8, 4) is 0 Å². The molecule has 25 heavy (non-hydrogen) atoms. The normalized spacial score (nSPS) is 11.9. The summed E-state index contributed by atoms with van der Waals surface area (Å²) in [5.74, 6) is 0. The molecule has 1 atom stereocenters. The van der Waals surface area contributed by atoms with E-state index in [-0.39, 0.29) is 6.04 Å². The van der Waals surface area contributed by atoms with Crippen LogP contribution in [0.25, 0.3) is 0 Å². The Labute approximate surface area is 150 Å². The van der Waals surface area contributed by atoms with E-state index >= 15 is 0 Å². The van der Waals surface area contributed by atoms with Crippen molar-refractivity contribution in [2.24, 2.45) is 5.73 Å². The van der Waals surface area contributed by atoms with Crippen LogP contribution < -0.4 is 10.6 Å². The van der Waals surface area contributed by atoms with Crippen LogP contribution in [0.1, 0.15) is 23.6 Å². The van der Waals surface area contributed by atoms with Gasteiger partial charge in [0.1, 0.15) is 0 Å². The predicted molar refractivity (Wildman–Crippen MR) is 107 cm³/mol. The molecule has 2 nitrogen and oxygen atoms in total. The van der Waals surface area contributed by atoms with Crippen LogP contribution in [-0.2, 0) is 19.5 Å². The molecule has 3 rings (SSSR count). The highest BCUT2D eigenvalue weighted by Crippen LogP contribution is 2.21. The molecule has 2 heteroatoms. The van der Waals surface area contributed by atoms with Gasteiger partial charge in [-0.3, -0.25) is 0 Å². The van der Waals surface area contributed by atoms with E-state index in [1.165, 1.54) is 22.4 Å². The van der Waals surface area contributed by atoms with Gasteiger partial charge in [-0.1, -0.05) is 72.8 Å². The van der Waals surface area contributed by atoms with Crippen molar-refractivity contribution in [3.05, 3.63) is 102 Å². The van der Waals surface area contributed by atoms with Gasteiger partial charge in [0, 0.05) is 24.8 Å². The molecule has 0 radical (unpaired) electrons. The van der Waals surface area contributed by atoms with Crippen LogP contribution in [0.4, 0.5) is 5.69 Å². The first kappa shape index (κ1) is 17.2. The van der Waals surface area contributed by atoms with E-state index in [4.69, 9.17) is 5.73 Å². The van der Waals surface area contributed by atoms with Gasteiger partial charge in [-0.2, -0.15) is 0 Å². The third-order valence-electron chi connectivity index (χ3n) is 4.29. The maximum Gasteiger partial charge on any atom is 0.0433 e. The van der Waals surface area contributed by atoms with Gasteiger partial charge < -0.3 is 10.6 Å². The molecule has 3 aromatic rings. The van der Waals surface area contributed by atoms with E-state index in [1.54, 1.807) is 0 Å². The number of nitrogens with zero attached hydrogens (tertiary/aromatic N) is 1. The van der Waals surface area contributed by atoms with Crippen LogP contribution in [0.2, 0.25) is 0 Å². The molecular weight excluding hydrogens is 304 g/mol. The van der Waals surface area contributed by atoms with Crippen molar-refractivity contribution < 1.29 is 0 Å². The van der Waals surface area contributed by atoms with Gasteiger partial charge in [0.25, 0.3) is 0 Å². The van der Waals surface area contributed by atoms with E-state index in [0.717, 1.165) is 19.5 Å². The van der Waals surface area contributed by atoms with E-state index in [0.29, 0.717) is 0 Å². The molecule has 2 N–H and O–H groups in total. The highest BCUT2D eigenvalue weighted by Gasteiger charge is 2.09. The van der Waals surface area contributed by atoms with Gasteiger partial charge in [0.15, 0.2) is 0 Å². The summed E-state index contributed by atoms with van der Waals surface area (Å²) in [6, 6.07) is 30.3. The Morgan fingerprint density at radius 2 is 1.16 bits per heavy atom. The Morgan fingerprint density at radius 3 is 1.60 bits per heavy atom. The number of rotatable bonds is 7. The summed E-state index contributed by atoms with van der Waals surface area (Å²) in [5, 5.41) is 0. The fourth-order valence-corrected chi connectivity index (χ4v) is 3.06. The van der Waals surface area contributed by atoms with E-state index < -0.39 is 0 Å². The highest BCUT2D eigenvalue weighted by atomic mass is 15.1. The second kappa shape index (κ2) is 8.50. The van der Waals surface area contributed by atoms with Crippen LogP contribution >= 0.6 is 0 Å². The lowest BCUT2D eigenvalue weighted by Gasteiger charge is -2.25. The molecule has 0 amide bonds. The Balaban J connectivity index is 1.82. The molecule has 1 unspecified atom stereocenters. The Kier molecular flexibility index (Phi) is 5.86. The van der Waals surface area contributed by atoms with Gasteiger partial charge in [-0.05, 0) is 42.2 Å². The molecular formula is C23H26N2. The number of hydrogen-bond acceptors (Lipinski definition) is 2. The van der Waals surface area contributed by atoms with Gasteiger partial charge in [-0.25, -0.2) is 0 Å². The van der Waals surface area contributed by atoms with Crippen LogP contribution in [-0.4, -0.2) is 6.04 Å². The second-order valence-electron chi connectivity index (χ2n) is 6.68. The first-order valence-corrected chi connectivity index (χ1v) is 8.88. The van der Waals surface area contributed by atoms with Crippen molar-refractivity contribution in [3.63, 3.8) is 0 Å². The quantitative estimate of drug-likeness (QED) is 0.675. The van der Waals surface area contributed by atoms with Crippen molar-refractivity contribution >= 4 is 5.69 Å². The first-order chi connectivity index (χ1) is 12.2. The zero-order valence-corrected chi connectivity index (χ0v) is 14.8. The molecule has 0 aromatic heterocycles. The van der Waals surface area contributed by atoms with E-state index in [2.05, 4.69) is 89.8 Å². The fraction of sp³-hybridized carbons (Fsp3) is 0.217. The molecule has 0 bridgehead atoms. The van der Waals surface area contributed by atoms with Crippen LogP contribution in [0, 0.1) is 0 Å². The summed E-state index contributed by atoms with van der Waals surface area (Å²) < 4.78 is 0. The van der Waals surface area contributed by atoms with Gasteiger partial charge in [0.2, 0.25) is 0 Å². The molecule has 0 saturated heterocycles. The second-order valence-corrected chi connectivity index (χ2v) is 6.68. The molecule has 128 valence electrons. The van der Waals surface area contributed by atoms with Gasteiger partial charge >= 0.3 is 0 Å². The first-order valence-electron chi connectivity index (χ1n) is 8.88. The summed E-state index contributed by atoms with van der Waals surface area (Å²) in [7, 11) is 0. The van der Waals surface area contributed by atoms with Crippen LogP contribution in [0.3, 0.4) is 0 Å². The zero-order valence-electron chi connectivity index (χ0n) is 14.8. The number of benzene rings is 3. The molecule has 0 aliphatic heterocycles. The Hall–Kier alpha value is -2.58. The molecule has 0 heterocycles. The lowest BCUT2D eigenvalue weighted by Crippen LogP contribution is -2.22. The minimum Gasteiger partial charge on any atom is -0.363 e. The SMILES string of the molecule is CC(N)Cc1ccc(N(Cc2ccccc2)Cc2ccccc2)cc1. The minimum absolute atomic E-state index is 0.190. The summed E-state index contributed by atoms with van der Waals surface area (Å²) in [4.78, 5) is 2.42.